The molecule has 0 aromatic carbocycles. The molecule has 1 unspecified atom stereocenters. The quantitative estimate of drug-likeness (QED) is 0.878. The van der Waals surface area contributed by atoms with E-state index in [0.717, 1.165) is 29.8 Å². The third kappa shape index (κ3) is 3.48. The average molecular weight is 298 g/mol. The molecule has 2 rings (SSSR count). The molecule has 2 heterocycles. The highest BCUT2D eigenvalue weighted by Gasteiger charge is 2.15. The molecule has 2 aromatic rings. The van der Waals surface area contributed by atoms with E-state index in [-0.39, 0.29) is 6.04 Å². The van der Waals surface area contributed by atoms with Crippen molar-refractivity contribution in [3.8, 4) is 0 Å². The average Bonchev–Trinajstić information content (AvgIpc) is 2.95. The highest BCUT2D eigenvalue weighted by atomic mass is 79.9. The highest BCUT2D eigenvalue weighted by Crippen LogP contribution is 2.23. The largest absolute Gasteiger partial charge is 0.472 e. The molecule has 2 aromatic heterocycles. The lowest BCUT2D eigenvalue weighted by molar-refractivity contribution is 0.399. The molecule has 0 aliphatic rings. The molecule has 92 valence electrons. The van der Waals surface area contributed by atoms with Gasteiger partial charge < -0.3 is 14.2 Å². The Morgan fingerprint density at radius 1 is 1.35 bits per heavy atom. The van der Waals surface area contributed by atoms with Crippen LogP contribution in [0.4, 0.5) is 0 Å². The van der Waals surface area contributed by atoms with Crippen molar-refractivity contribution >= 4 is 15.9 Å². The zero-order valence-corrected chi connectivity index (χ0v) is 11.4. The third-order valence-electron chi connectivity index (χ3n) is 2.60. The maximum atomic E-state index is 5.62. The van der Waals surface area contributed by atoms with Crippen molar-refractivity contribution in [1.82, 2.24) is 5.32 Å². The van der Waals surface area contributed by atoms with Crippen LogP contribution in [0.15, 0.2) is 44.2 Å². The van der Waals surface area contributed by atoms with Crippen molar-refractivity contribution in [3.05, 3.63) is 46.7 Å². The van der Waals surface area contributed by atoms with Gasteiger partial charge in [0.1, 0.15) is 5.76 Å². The summed E-state index contributed by atoms with van der Waals surface area (Å²) >= 11 is 3.33. The molecule has 1 N–H and O–H groups in total. The number of furan rings is 2. The molecule has 17 heavy (non-hydrogen) atoms. The molecule has 0 aliphatic heterocycles. The maximum absolute atomic E-state index is 5.62. The number of hydrogen-bond acceptors (Lipinski definition) is 3. The fraction of sp³-hybridized carbons (Fsp3) is 0.385. The van der Waals surface area contributed by atoms with Gasteiger partial charge in [-0.25, -0.2) is 0 Å². The van der Waals surface area contributed by atoms with Gasteiger partial charge in [-0.1, -0.05) is 6.92 Å². The van der Waals surface area contributed by atoms with Crippen molar-refractivity contribution in [3.63, 3.8) is 0 Å². The van der Waals surface area contributed by atoms with Crippen molar-refractivity contribution in [2.45, 2.75) is 25.8 Å². The molecule has 0 saturated heterocycles. The second kappa shape index (κ2) is 6.07. The molecule has 1 atom stereocenters. The summed E-state index contributed by atoms with van der Waals surface area (Å²) < 4.78 is 11.5. The Morgan fingerprint density at radius 2 is 2.24 bits per heavy atom. The van der Waals surface area contributed by atoms with E-state index >= 15 is 0 Å². The third-order valence-corrected chi connectivity index (χ3v) is 3.02. The summed E-state index contributed by atoms with van der Waals surface area (Å²) in [6.45, 7) is 3.13. The Bertz CT molecular complexity index is 436. The smallest absolute Gasteiger partial charge is 0.169 e. The summed E-state index contributed by atoms with van der Waals surface area (Å²) in [4.78, 5) is 0. The SMILES string of the molecule is CCCNC(Cc1ccoc1)c1ccc(Br)o1. The zero-order valence-electron chi connectivity index (χ0n) is 9.78. The number of halogens is 1. The minimum absolute atomic E-state index is 0.193. The van der Waals surface area contributed by atoms with Crippen LogP contribution in [0.2, 0.25) is 0 Å². The van der Waals surface area contributed by atoms with Crippen molar-refractivity contribution in [2.75, 3.05) is 6.54 Å². The molecule has 0 radical (unpaired) electrons. The Morgan fingerprint density at radius 3 is 2.82 bits per heavy atom. The van der Waals surface area contributed by atoms with E-state index < -0.39 is 0 Å². The summed E-state index contributed by atoms with van der Waals surface area (Å²) in [7, 11) is 0. The molecule has 0 bridgehead atoms. The van der Waals surface area contributed by atoms with Gasteiger partial charge in [0, 0.05) is 0 Å². The molecule has 0 spiro atoms. The van der Waals surface area contributed by atoms with E-state index in [1.165, 1.54) is 5.56 Å². The molecule has 0 saturated carbocycles. The predicted molar refractivity (Wildman–Crippen MR) is 69.9 cm³/mol. The maximum Gasteiger partial charge on any atom is 0.169 e. The van der Waals surface area contributed by atoms with Gasteiger partial charge in [-0.05, 0) is 59.1 Å². The van der Waals surface area contributed by atoms with E-state index in [4.69, 9.17) is 8.83 Å². The van der Waals surface area contributed by atoms with Crippen LogP contribution in [0.5, 0.6) is 0 Å². The molecular formula is C13H16BrNO2. The van der Waals surface area contributed by atoms with Gasteiger partial charge in [0.2, 0.25) is 0 Å². The normalized spacial score (nSPS) is 12.8. The zero-order chi connectivity index (χ0) is 12.1. The molecule has 3 nitrogen and oxygen atoms in total. The van der Waals surface area contributed by atoms with E-state index in [2.05, 4.69) is 28.2 Å². The summed E-state index contributed by atoms with van der Waals surface area (Å²) in [5.74, 6) is 0.950. The monoisotopic (exact) mass is 297 g/mol. The number of rotatable bonds is 6. The van der Waals surface area contributed by atoms with Crippen LogP contribution >= 0.6 is 15.9 Å². The van der Waals surface area contributed by atoms with Crippen molar-refractivity contribution in [2.24, 2.45) is 0 Å². The van der Waals surface area contributed by atoms with Gasteiger partial charge in [-0.3, -0.25) is 0 Å². The fourth-order valence-corrected chi connectivity index (χ4v) is 2.07. The van der Waals surface area contributed by atoms with Gasteiger partial charge >= 0.3 is 0 Å². The van der Waals surface area contributed by atoms with E-state index in [1.807, 2.05) is 18.2 Å². The summed E-state index contributed by atoms with van der Waals surface area (Å²) in [5, 5.41) is 3.48. The Balaban J connectivity index is 2.07. The van der Waals surface area contributed by atoms with Gasteiger partial charge in [0.15, 0.2) is 4.67 Å². The van der Waals surface area contributed by atoms with E-state index in [0.29, 0.717) is 0 Å². The van der Waals surface area contributed by atoms with Crippen molar-refractivity contribution < 1.29 is 8.83 Å². The molecule has 0 fully saturated rings. The Hall–Kier alpha value is -1.000. The predicted octanol–water partition coefficient (Wildman–Crippen LogP) is 3.92. The van der Waals surface area contributed by atoms with Gasteiger partial charge in [-0.2, -0.15) is 0 Å². The second-order valence-electron chi connectivity index (χ2n) is 3.98. The lowest BCUT2D eigenvalue weighted by atomic mass is 10.1. The van der Waals surface area contributed by atoms with E-state index in [9.17, 15) is 0 Å². The molecule has 4 heteroatoms. The minimum atomic E-state index is 0.193. The Kier molecular flexibility index (Phi) is 4.45. The van der Waals surface area contributed by atoms with Gasteiger partial charge in [0.25, 0.3) is 0 Å². The van der Waals surface area contributed by atoms with Crippen molar-refractivity contribution in [1.29, 1.82) is 0 Å². The first-order valence-corrected chi connectivity index (χ1v) is 6.58. The van der Waals surface area contributed by atoms with Crippen LogP contribution in [0, 0.1) is 0 Å². The summed E-state index contributed by atoms with van der Waals surface area (Å²) in [6, 6.07) is 6.10. The van der Waals surface area contributed by atoms with Crippen LogP contribution in [-0.4, -0.2) is 6.54 Å². The minimum Gasteiger partial charge on any atom is -0.472 e. The van der Waals surface area contributed by atoms with Crippen LogP contribution in [0.3, 0.4) is 0 Å². The number of nitrogens with one attached hydrogen (secondary N) is 1. The van der Waals surface area contributed by atoms with Gasteiger partial charge in [-0.15, -0.1) is 0 Å². The summed E-state index contributed by atoms with van der Waals surface area (Å²) in [6.07, 6.45) is 5.45. The van der Waals surface area contributed by atoms with Gasteiger partial charge in [0.05, 0.1) is 18.6 Å². The molecule has 0 aliphatic carbocycles. The summed E-state index contributed by atoms with van der Waals surface area (Å²) in [5.41, 5.74) is 1.17. The second-order valence-corrected chi connectivity index (χ2v) is 4.77. The molecule has 0 amide bonds. The first kappa shape index (κ1) is 12.5. The first-order chi connectivity index (χ1) is 8.29. The van der Waals surface area contributed by atoms with E-state index in [1.54, 1.807) is 12.5 Å². The highest BCUT2D eigenvalue weighted by molar-refractivity contribution is 9.10. The standard InChI is InChI=1S/C13H16BrNO2/c1-2-6-15-11(8-10-5-7-16-9-10)12-3-4-13(14)17-12/h3-5,7,9,11,15H,2,6,8H2,1H3. The Labute approximate surface area is 109 Å². The molecular weight excluding hydrogens is 282 g/mol. The van der Waals surface area contributed by atoms with Crippen LogP contribution < -0.4 is 5.32 Å². The lowest BCUT2D eigenvalue weighted by Crippen LogP contribution is -2.23. The van der Waals surface area contributed by atoms with Crippen LogP contribution in [0.25, 0.3) is 0 Å². The number of hydrogen-bond donors (Lipinski definition) is 1. The first-order valence-electron chi connectivity index (χ1n) is 5.79. The lowest BCUT2D eigenvalue weighted by Gasteiger charge is -2.15. The fourth-order valence-electron chi connectivity index (χ4n) is 1.75. The van der Waals surface area contributed by atoms with Crippen LogP contribution in [-0.2, 0) is 6.42 Å². The van der Waals surface area contributed by atoms with Crippen LogP contribution in [0.1, 0.15) is 30.7 Å². The topological polar surface area (TPSA) is 38.3 Å².